The lowest BCUT2D eigenvalue weighted by atomic mass is 10.1. The number of benzene rings is 1. The number of rotatable bonds is 5. The molecule has 1 aromatic rings. The van der Waals surface area contributed by atoms with E-state index < -0.39 is 6.10 Å². The topological polar surface area (TPSA) is 29.5 Å². The van der Waals surface area contributed by atoms with E-state index in [9.17, 15) is 5.11 Å². The Morgan fingerprint density at radius 1 is 1.50 bits per heavy atom. The molecule has 0 amide bonds. The molecular formula is C11H16O2S. The summed E-state index contributed by atoms with van der Waals surface area (Å²) in [6.07, 6.45) is -0.393. The van der Waals surface area contributed by atoms with Crippen molar-refractivity contribution in [1.29, 1.82) is 0 Å². The summed E-state index contributed by atoms with van der Waals surface area (Å²) in [5.41, 5.74) is 0.922. The van der Waals surface area contributed by atoms with Gasteiger partial charge in [-0.3, -0.25) is 0 Å². The molecule has 14 heavy (non-hydrogen) atoms. The molecule has 3 heteroatoms. The van der Waals surface area contributed by atoms with Gasteiger partial charge in [-0.1, -0.05) is 19.1 Å². The highest BCUT2D eigenvalue weighted by Gasteiger charge is 2.07. The zero-order valence-corrected chi connectivity index (χ0v) is 9.38. The van der Waals surface area contributed by atoms with Crippen LogP contribution in [-0.4, -0.2) is 23.7 Å². The van der Waals surface area contributed by atoms with E-state index in [0.717, 1.165) is 22.8 Å². The van der Waals surface area contributed by atoms with E-state index in [1.54, 1.807) is 18.9 Å². The average Bonchev–Trinajstić information content (AvgIpc) is 2.26. The lowest BCUT2D eigenvalue weighted by molar-refractivity contribution is 0.203. The third kappa shape index (κ3) is 3.24. The maximum atomic E-state index is 9.80. The standard InChI is InChI=1S/C11H16O2S/c1-3-14-8-11(12)9-5-4-6-10(7-9)13-2/h4-7,11-12H,3,8H2,1-2H3. The average molecular weight is 212 g/mol. The van der Waals surface area contributed by atoms with Crippen LogP contribution < -0.4 is 4.74 Å². The third-order valence-electron chi connectivity index (χ3n) is 1.96. The van der Waals surface area contributed by atoms with Crippen molar-refractivity contribution in [2.75, 3.05) is 18.6 Å². The molecule has 1 atom stereocenters. The quantitative estimate of drug-likeness (QED) is 0.813. The van der Waals surface area contributed by atoms with Gasteiger partial charge in [-0.15, -0.1) is 0 Å². The lowest BCUT2D eigenvalue weighted by Gasteiger charge is -2.10. The molecular weight excluding hydrogens is 196 g/mol. The molecule has 0 radical (unpaired) electrons. The van der Waals surface area contributed by atoms with Gasteiger partial charge in [0.2, 0.25) is 0 Å². The molecule has 1 rings (SSSR count). The zero-order valence-electron chi connectivity index (χ0n) is 8.56. The Labute approximate surface area is 89.3 Å². The van der Waals surface area contributed by atoms with Crippen molar-refractivity contribution in [3.8, 4) is 5.75 Å². The minimum atomic E-state index is -0.393. The Balaban J connectivity index is 2.64. The van der Waals surface area contributed by atoms with Gasteiger partial charge in [-0.05, 0) is 23.4 Å². The highest BCUT2D eigenvalue weighted by molar-refractivity contribution is 7.99. The fraction of sp³-hybridized carbons (Fsp3) is 0.455. The Morgan fingerprint density at radius 3 is 2.93 bits per heavy atom. The van der Waals surface area contributed by atoms with Gasteiger partial charge in [-0.2, -0.15) is 11.8 Å². The van der Waals surface area contributed by atoms with Gasteiger partial charge >= 0.3 is 0 Å². The van der Waals surface area contributed by atoms with Gasteiger partial charge in [0.05, 0.1) is 13.2 Å². The van der Waals surface area contributed by atoms with Crippen molar-refractivity contribution in [3.05, 3.63) is 29.8 Å². The van der Waals surface area contributed by atoms with Gasteiger partial charge in [0.1, 0.15) is 5.75 Å². The van der Waals surface area contributed by atoms with E-state index in [4.69, 9.17) is 4.74 Å². The summed E-state index contributed by atoms with van der Waals surface area (Å²) < 4.78 is 5.09. The summed E-state index contributed by atoms with van der Waals surface area (Å²) in [6, 6.07) is 7.57. The second-order valence-electron chi connectivity index (χ2n) is 2.95. The number of aliphatic hydroxyl groups is 1. The highest BCUT2D eigenvalue weighted by atomic mass is 32.2. The predicted octanol–water partition coefficient (Wildman–Crippen LogP) is 2.48. The maximum absolute atomic E-state index is 9.80. The van der Waals surface area contributed by atoms with Crippen molar-refractivity contribution in [3.63, 3.8) is 0 Å². The number of ether oxygens (including phenoxy) is 1. The zero-order chi connectivity index (χ0) is 10.4. The second kappa shape index (κ2) is 5.94. The van der Waals surface area contributed by atoms with Crippen LogP contribution in [0.25, 0.3) is 0 Å². The maximum Gasteiger partial charge on any atom is 0.119 e. The van der Waals surface area contributed by atoms with E-state index in [0.29, 0.717) is 0 Å². The number of hydrogen-bond acceptors (Lipinski definition) is 3. The Bertz CT molecular complexity index is 276. The summed E-state index contributed by atoms with van der Waals surface area (Å²) in [5, 5.41) is 9.80. The molecule has 0 aliphatic rings. The van der Waals surface area contributed by atoms with Gasteiger partial charge in [0.15, 0.2) is 0 Å². The summed E-state index contributed by atoms with van der Waals surface area (Å²) >= 11 is 1.73. The van der Waals surface area contributed by atoms with Crippen molar-refractivity contribution < 1.29 is 9.84 Å². The monoisotopic (exact) mass is 212 g/mol. The first-order chi connectivity index (χ1) is 6.77. The summed E-state index contributed by atoms with van der Waals surface area (Å²) in [6.45, 7) is 2.09. The van der Waals surface area contributed by atoms with E-state index in [1.807, 2.05) is 24.3 Å². The van der Waals surface area contributed by atoms with Gasteiger partial charge in [-0.25, -0.2) is 0 Å². The van der Waals surface area contributed by atoms with Crippen molar-refractivity contribution in [1.82, 2.24) is 0 Å². The fourth-order valence-corrected chi connectivity index (χ4v) is 1.83. The first-order valence-electron chi connectivity index (χ1n) is 4.67. The van der Waals surface area contributed by atoms with Crippen LogP contribution in [0, 0.1) is 0 Å². The molecule has 0 saturated carbocycles. The van der Waals surface area contributed by atoms with E-state index in [1.165, 1.54) is 0 Å². The van der Waals surface area contributed by atoms with Crippen LogP contribution in [0.4, 0.5) is 0 Å². The predicted molar refractivity (Wildman–Crippen MR) is 61.0 cm³/mol. The van der Waals surface area contributed by atoms with Crippen molar-refractivity contribution in [2.24, 2.45) is 0 Å². The number of methoxy groups -OCH3 is 1. The molecule has 2 nitrogen and oxygen atoms in total. The normalized spacial score (nSPS) is 12.5. The number of aliphatic hydroxyl groups excluding tert-OH is 1. The largest absolute Gasteiger partial charge is 0.497 e. The van der Waals surface area contributed by atoms with E-state index >= 15 is 0 Å². The lowest BCUT2D eigenvalue weighted by Crippen LogP contribution is -2.01. The Kier molecular flexibility index (Phi) is 4.84. The highest BCUT2D eigenvalue weighted by Crippen LogP contribution is 2.21. The van der Waals surface area contributed by atoms with Gasteiger partial charge in [0.25, 0.3) is 0 Å². The van der Waals surface area contributed by atoms with E-state index in [-0.39, 0.29) is 0 Å². The molecule has 1 unspecified atom stereocenters. The Hall–Kier alpha value is -0.670. The van der Waals surface area contributed by atoms with Gasteiger partial charge in [0, 0.05) is 5.75 Å². The molecule has 0 aliphatic carbocycles. The SMILES string of the molecule is CCSCC(O)c1cccc(OC)c1. The molecule has 1 N–H and O–H groups in total. The molecule has 0 bridgehead atoms. The molecule has 1 aromatic carbocycles. The summed E-state index contributed by atoms with van der Waals surface area (Å²) in [7, 11) is 1.63. The van der Waals surface area contributed by atoms with E-state index in [2.05, 4.69) is 6.92 Å². The van der Waals surface area contributed by atoms with Crippen molar-refractivity contribution >= 4 is 11.8 Å². The first-order valence-corrected chi connectivity index (χ1v) is 5.83. The summed E-state index contributed by atoms with van der Waals surface area (Å²) in [4.78, 5) is 0. The smallest absolute Gasteiger partial charge is 0.119 e. The van der Waals surface area contributed by atoms with Crippen LogP contribution in [0.15, 0.2) is 24.3 Å². The fourth-order valence-electron chi connectivity index (χ4n) is 1.17. The van der Waals surface area contributed by atoms with Gasteiger partial charge < -0.3 is 9.84 Å². The van der Waals surface area contributed by atoms with Crippen LogP contribution in [-0.2, 0) is 0 Å². The molecule has 0 aliphatic heterocycles. The third-order valence-corrected chi connectivity index (χ3v) is 2.92. The molecule has 0 heterocycles. The number of thioether (sulfide) groups is 1. The van der Waals surface area contributed by atoms with Crippen LogP contribution in [0.2, 0.25) is 0 Å². The molecule has 0 fully saturated rings. The van der Waals surface area contributed by atoms with Crippen molar-refractivity contribution in [2.45, 2.75) is 13.0 Å². The number of hydrogen-bond donors (Lipinski definition) is 1. The molecule has 0 aromatic heterocycles. The minimum absolute atomic E-state index is 0.393. The van der Waals surface area contributed by atoms with Crippen LogP contribution in [0.5, 0.6) is 5.75 Å². The van der Waals surface area contributed by atoms with Crippen LogP contribution in [0.1, 0.15) is 18.6 Å². The second-order valence-corrected chi connectivity index (χ2v) is 4.27. The first kappa shape index (κ1) is 11.4. The van der Waals surface area contributed by atoms with Crippen LogP contribution in [0.3, 0.4) is 0 Å². The molecule has 0 spiro atoms. The molecule has 0 saturated heterocycles. The molecule has 78 valence electrons. The summed E-state index contributed by atoms with van der Waals surface area (Å²) in [5.74, 6) is 2.56. The Morgan fingerprint density at radius 2 is 2.29 bits per heavy atom. The minimum Gasteiger partial charge on any atom is -0.497 e. The van der Waals surface area contributed by atoms with Crippen LogP contribution >= 0.6 is 11.8 Å².